The third kappa shape index (κ3) is 9.04. The molecule has 3 heteroatoms. The molecule has 0 saturated carbocycles. The van der Waals surface area contributed by atoms with Crippen molar-refractivity contribution in [3.63, 3.8) is 0 Å². The first-order valence-corrected chi connectivity index (χ1v) is 1.73. The summed E-state index contributed by atoms with van der Waals surface area (Å²) >= 11 is 0. The van der Waals surface area contributed by atoms with Crippen LogP contribution in [0.1, 0.15) is 1.43 Å². The molecule has 4 heavy (non-hydrogen) atoms. The molecule has 0 aromatic rings. The Morgan fingerprint density at radius 3 is 1.50 bits per heavy atom. The van der Waals surface area contributed by atoms with Crippen LogP contribution < -0.4 is 29.6 Å². The minimum Gasteiger partial charge on any atom is -1.00 e. The Morgan fingerprint density at radius 1 is 1.50 bits per heavy atom. The van der Waals surface area contributed by atoms with Crippen molar-refractivity contribution in [3.8, 4) is 0 Å². The maximum absolute atomic E-state index is 2.42. The van der Waals surface area contributed by atoms with E-state index in [2.05, 4.69) is 9.24 Å². The SMILES string of the molecule is CP.[Fe].[H-].[Na+]. The van der Waals surface area contributed by atoms with Gasteiger partial charge >= 0.3 is 29.6 Å². The third-order valence-corrected chi connectivity index (χ3v) is 0. The third-order valence-electron chi connectivity index (χ3n) is 0. The van der Waals surface area contributed by atoms with E-state index in [1.165, 1.54) is 0 Å². The molecule has 0 aromatic heterocycles. The molecule has 0 bridgehead atoms. The Morgan fingerprint density at radius 2 is 1.50 bits per heavy atom. The van der Waals surface area contributed by atoms with Gasteiger partial charge in [-0.05, 0) is 0 Å². The minimum atomic E-state index is 0. The van der Waals surface area contributed by atoms with Gasteiger partial charge in [-0.15, -0.1) is 9.24 Å². The summed E-state index contributed by atoms with van der Waals surface area (Å²) in [5, 5.41) is 0. The molecule has 0 fully saturated rings. The van der Waals surface area contributed by atoms with E-state index in [1.807, 2.05) is 6.66 Å². The van der Waals surface area contributed by atoms with Crippen molar-refractivity contribution < 1.29 is 48.1 Å². The van der Waals surface area contributed by atoms with Crippen LogP contribution in [0.25, 0.3) is 0 Å². The molecule has 0 nitrogen and oxygen atoms in total. The van der Waals surface area contributed by atoms with Crippen molar-refractivity contribution in [2.45, 2.75) is 0 Å². The average molecular weight is 128 g/mol. The zero-order valence-electron chi connectivity index (χ0n) is 3.93. The summed E-state index contributed by atoms with van der Waals surface area (Å²) in [4.78, 5) is 0. The van der Waals surface area contributed by atoms with Gasteiger partial charge in [-0.2, -0.15) is 0 Å². The van der Waals surface area contributed by atoms with Crippen LogP contribution in [-0.2, 0) is 17.1 Å². The smallest absolute Gasteiger partial charge is 1.00 e. The molecule has 24 valence electrons. The second kappa shape index (κ2) is 20.3. The van der Waals surface area contributed by atoms with Crippen molar-refractivity contribution >= 4 is 9.24 Å². The van der Waals surface area contributed by atoms with Gasteiger partial charge in [-0.1, -0.05) is 6.66 Å². The van der Waals surface area contributed by atoms with Gasteiger partial charge in [0.05, 0.1) is 0 Å². The molecule has 0 N–H and O–H groups in total. The standard InChI is InChI=1S/CH5P.Fe.Na.H/c1-2;;;/h2H2,1H3;;;/q;;+1;-1. The Bertz CT molecular complexity index is 11.6. The molecule has 0 amide bonds. The van der Waals surface area contributed by atoms with E-state index in [4.69, 9.17) is 0 Å². The van der Waals surface area contributed by atoms with Crippen LogP contribution in [0.3, 0.4) is 0 Å². The molecule has 0 aliphatic heterocycles. The maximum Gasteiger partial charge on any atom is 1.00 e. The van der Waals surface area contributed by atoms with Crippen LogP contribution in [0.4, 0.5) is 0 Å². The van der Waals surface area contributed by atoms with E-state index in [0.29, 0.717) is 0 Å². The zero-order chi connectivity index (χ0) is 2.00. The van der Waals surface area contributed by atoms with Gasteiger partial charge in [0, 0.05) is 17.1 Å². The predicted octanol–water partition coefficient (Wildman–Crippen LogP) is -2.39. The van der Waals surface area contributed by atoms with Gasteiger partial charge in [0.1, 0.15) is 0 Å². The second-order valence-corrected chi connectivity index (χ2v) is 0. The fourth-order valence-corrected chi connectivity index (χ4v) is 0. The van der Waals surface area contributed by atoms with E-state index < -0.39 is 0 Å². The summed E-state index contributed by atoms with van der Waals surface area (Å²) < 4.78 is 0. The van der Waals surface area contributed by atoms with Gasteiger partial charge in [0.15, 0.2) is 0 Å². The normalized spacial score (nSPS) is 1.50. The largest absolute Gasteiger partial charge is 1.00 e. The van der Waals surface area contributed by atoms with Gasteiger partial charge in [0.25, 0.3) is 0 Å². The molecule has 0 aliphatic rings. The molecular formula is CH6FeNaP. The average Bonchev–Trinajstić information content (AvgIpc) is 1.00. The van der Waals surface area contributed by atoms with E-state index >= 15 is 0 Å². The zero-order valence-corrected chi connectivity index (χ0v) is 7.19. The number of rotatable bonds is 0. The van der Waals surface area contributed by atoms with Crippen molar-refractivity contribution in [1.29, 1.82) is 0 Å². The quantitative estimate of drug-likeness (QED) is 0.252. The van der Waals surface area contributed by atoms with Crippen LogP contribution in [0.2, 0.25) is 0 Å². The first-order valence-electron chi connectivity index (χ1n) is 0.577. The fraction of sp³-hybridized carbons (Fsp3) is 1.00. The Labute approximate surface area is 63.6 Å². The van der Waals surface area contributed by atoms with Gasteiger partial charge in [0.2, 0.25) is 0 Å². The molecule has 0 saturated heterocycles. The Balaban J connectivity index is -0.00000000167. The summed E-state index contributed by atoms with van der Waals surface area (Å²) in [6.45, 7) is 1.92. The molecule has 0 aromatic carbocycles. The van der Waals surface area contributed by atoms with E-state index in [0.717, 1.165) is 0 Å². The monoisotopic (exact) mass is 128 g/mol. The molecule has 0 aliphatic carbocycles. The van der Waals surface area contributed by atoms with E-state index in [1.54, 1.807) is 0 Å². The van der Waals surface area contributed by atoms with Crippen LogP contribution in [0.15, 0.2) is 0 Å². The van der Waals surface area contributed by atoms with Crippen molar-refractivity contribution in [1.82, 2.24) is 0 Å². The van der Waals surface area contributed by atoms with Gasteiger partial charge < -0.3 is 1.43 Å². The summed E-state index contributed by atoms with van der Waals surface area (Å²) in [5.74, 6) is 0. The van der Waals surface area contributed by atoms with Crippen molar-refractivity contribution in [2.24, 2.45) is 0 Å². The molecule has 0 spiro atoms. The van der Waals surface area contributed by atoms with Crippen LogP contribution in [0.5, 0.6) is 0 Å². The Kier molecular flexibility index (Phi) is 85.1. The molecule has 1 unspecified atom stereocenters. The molecule has 0 heterocycles. The molecule has 0 rings (SSSR count). The van der Waals surface area contributed by atoms with Crippen molar-refractivity contribution in [3.05, 3.63) is 0 Å². The number of hydrogen-bond acceptors (Lipinski definition) is 0. The van der Waals surface area contributed by atoms with Gasteiger partial charge in [-0.25, -0.2) is 0 Å². The van der Waals surface area contributed by atoms with Gasteiger partial charge in [-0.3, -0.25) is 0 Å². The summed E-state index contributed by atoms with van der Waals surface area (Å²) in [5.41, 5.74) is 0. The van der Waals surface area contributed by atoms with E-state index in [-0.39, 0.29) is 48.1 Å². The maximum atomic E-state index is 2.42. The summed E-state index contributed by atoms with van der Waals surface area (Å²) in [6, 6.07) is 0. The molecular weight excluding hydrogens is 122 g/mol. The van der Waals surface area contributed by atoms with E-state index in [9.17, 15) is 0 Å². The first kappa shape index (κ1) is 16.8. The summed E-state index contributed by atoms with van der Waals surface area (Å²) in [6.07, 6.45) is 0. The fourth-order valence-electron chi connectivity index (χ4n) is 0. The van der Waals surface area contributed by atoms with Crippen LogP contribution in [-0.4, -0.2) is 6.66 Å². The molecule has 0 radical (unpaired) electrons. The van der Waals surface area contributed by atoms with Crippen molar-refractivity contribution in [2.75, 3.05) is 6.66 Å². The number of hydrogen-bond donors (Lipinski definition) is 0. The van der Waals surface area contributed by atoms with Crippen LogP contribution in [0, 0.1) is 0 Å². The minimum absolute atomic E-state index is 0. The second-order valence-electron chi connectivity index (χ2n) is 0. The predicted molar refractivity (Wildman–Crippen MR) is 16.7 cm³/mol. The molecule has 1 atom stereocenters. The topological polar surface area (TPSA) is 0 Å². The Hall–Kier alpha value is 1.95. The first-order chi connectivity index (χ1) is 1.00. The van der Waals surface area contributed by atoms with Crippen LogP contribution >= 0.6 is 9.24 Å². The summed E-state index contributed by atoms with van der Waals surface area (Å²) in [7, 11) is 2.42.